The van der Waals surface area contributed by atoms with Gasteiger partial charge in [0.15, 0.2) is 0 Å². The van der Waals surface area contributed by atoms with Crippen LogP contribution in [0.3, 0.4) is 0 Å². The minimum atomic E-state index is -0.180. The van der Waals surface area contributed by atoms with Crippen molar-refractivity contribution in [2.75, 3.05) is 11.9 Å². The molecule has 1 aliphatic rings. The van der Waals surface area contributed by atoms with Crippen molar-refractivity contribution < 1.29 is 4.79 Å². The van der Waals surface area contributed by atoms with Crippen LogP contribution in [0.1, 0.15) is 44.4 Å². The molecule has 0 saturated carbocycles. The zero-order valence-electron chi connectivity index (χ0n) is 11.4. The topological polar surface area (TPSA) is 41.1 Å². The Morgan fingerprint density at radius 1 is 1.39 bits per heavy atom. The molecule has 3 nitrogen and oxygen atoms in total. The largest absolute Gasteiger partial charge is 0.324 e. The summed E-state index contributed by atoms with van der Waals surface area (Å²) in [5, 5.41) is 6.32. The van der Waals surface area contributed by atoms with E-state index in [-0.39, 0.29) is 11.9 Å². The van der Waals surface area contributed by atoms with Gasteiger partial charge in [-0.05, 0) is 30.5 Å². The van der Waals surface area contributed by atoms with Crippen molar-refractivity contribution in [2.24, 2.45) is 5.92 Å². The normalized spacial score (nSPS) is 19.5. The molecule has 0 radical (unpaired) electrons. The van der Waals surface area contributed by atoms with E-state index in [0.29, 0.717) is 5.92 Å². The first-order valence-electron chi connectivity index (χ1n) is 6.82. The van der Waals surface area contributed by atoms with Crippen molar-refractivity contribution in [3.63, 3.8) is 0 Å². The van der Waals surface area contributed by atoms with Gasteiger partial charge in [-0.1, -0.05) is 39.3 Å². The summed E-state index contributed by atoms with van der Waals surface area (Å²) in [4.78, 5) is 12.0. The molecular weight excluding hydrogens is 224 g/mol. The van der Waals surface area contributed by atoms with Gasteiger partial charge in [0, 0.05) is 11.3 Å². The van der Waals surface area contributed by atoms with Crippen LogP contribution in [0.4, 0.5) is 5.69 Å². The molecule has 1 heterocycles. The minimum absolute atomic E-state index is 0.0709. The number of rotatable bonds is 5. The van der Waals surface area contributed by atoms with Gasteiger partial charge >= 0.3 is 0 Å². The highest BCUT2D eigenvalue weighted by Gasteiger charge is 2.30. The van der Waals surface area contributed by atoms with E-state index in [0.717, 1.165) is 30.6 Å². The summed E-state index contributed by atoms with van der Waals surface area (Å²) in [7, 11) is 0. The highest BCUT2D eigenvalue weighted by Crippen LogP contribution is 2.31. The van der Waals surface area contributed by atoms with Crippen molar-refractivity contribution >= 4 is 11.6 Å². The molecule has 18 heavy (non-hydrogen) atoms. The minimum Gasteiger partial charge on any atom is -0.324 e. The van der Waals surface area contributed by atoms with Gasteiger partial charge in [0.2, 0.25) is 5.91 Å². The van der Waals surface area contributed by atoms with Crippen LogP contribution in [-0.2, 0) is 11.2 Å². The predicted molar refractivity (Wildman–Crippen MR) is 74.6 cm³/mol. The molecule has 2 atom stereocenters. The number of carbonyl (C=O) groups is 1. The highest BCUT2D eigenvalue weighted by molar-refractivity contribution is 6.02. The number of hydrogen-bond acceptors (Lipinski definition) is 2. The molecule has 1 aromatic carbocycles. The molecule has 0 saturated heterocycles. The van der Waals surface area contributed by atoms with Gasteiger partial charge in [-0.3, -0.25) is 4.79 Å². The number of nitrogens with one attached hydrogen (secondary N) is 2. The summed E-state index contributed by atoms with van der Waals surface area (Å²) in [5.74, 6) is 0.665. The number of amides is 1. The first-order valence-corrected chi connectivity index (χ1v) is 6.82. The van der Waals surface area contributed by atoms with Crippen molar-refractivity contribution in [2.45, 2.75) is 39.7 Å². The molecule has 2 rings (SSSR count). The van der Waals surface area contributed by atoms with Crippen LogP contribution in [0.5, 0.6) is 0 Å². The fourth-order valence-corrected chi connectivity index (χ4v) is 2.20. The van der Waals surface area contributed by atoms with E-state index in [9.17, 15) is 4.79 Å². The Labute approximate surface area is 109 Å². The van der Waals surface area contributed by atoms with Crippen LogP contribution in [0, 0.1) is 5.92 Å². The summed E-state index contributed by atoms with van der Waals surface area (Å²) in [5.41, 5.74) is 3.34. The Hall–Kier alpha value is -1.35. The molecule has 98 valence electrons. The van der Waals surface area contributed by atoms with Gasteiger partial charge in [0.05, 0.1) is 0 Å². The Morgan fingerprint density at radius 3 is 2.83 bits per heavy atom. The molecule has 0 aromatic heterocycles. The quantitative estimate of drug-likeness (QED) is 0.838. The van der Waals surface area contributed by atoms with Crippen LogP contribution in [0.15, 0.2) is 18.2 Å². The molecular formula is C15H22N2O. The average molecular weight is 246 g/mol. The number of benzene rings is 1. The van der Waals surface area contributed by atoms with Crippen molar-refractivity contribution in [3.05, 3.63) is 29.3 Å². The molecule has 3 heteroatoms. The average Bonchev–Trinajstić information content (AvgIpc) is 2.70. The van der Waals surface area contributed by atoms with E-state index in [1.165, 1.54) is 5.56 Å². The lowest BCUT2D eigenvalue weighted by molar-refractivity contribution is -0.117. The standard InChI is InChI=1S/C15H22N2O/c1-4-10(3)9-16-14-12-8-11(5-2)6-7-13(12)17-15(14)18/h6-8,10,14,16H,4-5,9H2,1-3H3,(H,17,18). The van der Waals surface area contributed by atoms with Gasteiger partial charge in [0.1, 0.15) is 6.04 Å². The molecule has 2 unspecified atom stereocenters. The lowest BCUT2D eigenvalue weighted by Gasteiger charge is -2.15. The molecule has 1 amide bonds. The summed E-state index contributed by atoms with van der Waals surface area (Å²) < 4.78 is 0. The molecule has 0 spiro atoms. The smallest absolute Gasteiger partial charge is 0.246 e. The van der Waals surface area contributed by atoms with Gasteiger partial charge in [-0.15, -0.1) is 0 Å². The van der Waals surface area contributed by atoms with Crippen LogP contribution in [-0.4, -0.2) is 12.5 Å². The molecule has 1 aromatic rings. The second-order valence-corrected chi connectivity index (χ2v) is 5.12. The number of fused-ring (bicyclic) bond motifs is 1. The van der Waals surface area contributed by atoms with Crippen LogP contribution in [0.2, 0.25) is 0 Å². The predicted octanol–water partition coefficient (Wildman–Crippen LogP) is 2.88. The van der Waals surface area contributed by atoms with Crippen LogP contribution < -0.4 is 10.6 Å². The van der Waals surface area contributed by atoms with Crippen molar-refractivity contribution in [1.29, 1.82) is 0 Å². The first-order chi connectivity index (χ1) is 8.65. The fraction of sp³-hybridized carbons (Fsp3) is 0.533. The van der Waals surface area contributed by atoms with E-state index in [2.05, 4.69) is 43.5 Å². The zero-order valence-corrected chi connectivity index (χ0v) is 11.4. The monoisotopic (exact) mass is 246 g/mol. The number of carbonyl (C=O) groups excluding carboxylic acids is 1. The summed E-state index contributed by atoms with van der Waals surface area (Å²) in [6.07, 6.45) is 2.13. The van der Waals surface area contributed by atoms with E-state index in [4.69, 9.17) is 0 Å². The maximum Gasteiger partial charge on any atom is 0.246 e. The Balaban J connectivity index is 2.15. The van der Waals surface area contributed by atoms with Crippen molar-refractivity contribution in [1.82, 2.24) is 5.32 Å². The van der Waals surface area contributed by atoms with Gasteiger partial charge < -0.3 is 10.6 Å². The number of anilines is 1. The van der Waals surface area contributed by atoms with Crippen LogP contribution >= 0.6 is 0 Å². The van der Waals surface area contributed by atoms with Gasteiger partial charge in [0.25, 0.3) is 0 Å². The number of aryl methyl sites for hydroxylation is 1. The summed E-state index contributed by atoms with van der Waals surface area (Å²) >= 11 is 0. The van der Waals surface area contributed by atoms with E-state index < -0.39 is 0 Å². The fourth-order valence-electron chi connectivity index (χ4n) is 2.20. The third-order valence-electron chi connectivity index (χ3n) is 3.72. The van der Waals surface area contributed by atoms with Crippen molar-refractivity contribution in [3.8, 4) is 0 Å². The SMILES string of the molecule is CCc1ccc2c(c1)C(NCC(C)CC)C(=O)N2. The molecule has 1 aliphatic heterocycles. The van der Waals surface area contributed by atoms with E-state index >= 15 is 0 Å². The lowest BCUT2D eigenvalue weighted by Crippen LogP contribution is -2.30. The Kier molecular flexibility index (Phi) is 4.02. The summed E-state index contributed by atoms with van der Waals surface area (Å²) in [6.45, 7) is 7.38. The third-order valence-corrected chi connectivity index (χ3v) is 3.72. The van der Waals surface area contributed by atoms with E-state index in [1.54, 1.807) is 0 Å². The highest BCUT2D eigenvalue weighted by atomic mass is 16.2. The van der Waals surface area contributed by atoms with Gasteiger partial charge in [-0.25, -0.2) is 0 Å². The molecule has 2 N–H and O–H groups in total. The van der Waals surface area contributed by atoms with Gasteiger partial charge in [-0.2, -0.15) is 0 Å². The lowest BCUT2D eigenvalue weighted by atomic mass is 10.0. The third kappa shape index (κ3) is 2.56. The maximum atomic E-state index is 12.0. The summed E-state index contributed by atoms with van der Waals surface area (Å²) in [6, 6.07) is 6.05. The second-order valence-electron chi connectivity index (χ2n) is 5.12. The molecule has 0 bridgehead atoms. The van der Waals surface area contributed by atoms with E-state index in [1.807, 2.05) is 6.07 Å². The molecule has 0 fully saturated rings. The zero-order chi connectivity index (χ0) is 13.1. The Bertz CT molecular complexity index is 442. The Morgan fingerprint density at radius 2 is 2.17 bits per heavy atom. The second kappa shape index (κ2) is 5.53. The number of hydrogen-bond donors (Lipinski definition) is 2. The molecule has 0 aliphatic carbocycles. The maximum absolute atomic E-state index is 12.0. The first kappa shape index (κ1) is 13.1. The van der Waals surface area contributed by atoms with Crippen LogP contribution in [0.25, 0.3) is 0 Å².